The minimum atomic E-state index is -0.807. The number of amidine groups is 1. The van der Waals surface area contributed by atoms with Crippen LogP contribution in [0.4, 0.5) is 10.5 Å². The second kappa shape index (κ2) is 12.2. The zero-order chi connectivity index (χ0) is 26.2. The molecular formula is C27H27N5O4S. The van der Waals surface area contributed by atoms with Gasteiger partial charge in [0.1, 0.15) is 17.9 Å². The maximum Gasteiger partial charge on any atom is 0.408 e. The zero-order valence-corrected chi connectivity index (χ0v) is 21.3. The van der Waals surface area contributed by atoms with Crippen molar-refractivity contribution in [3.05, 3.63) is 95.8 Å². The van der Waals surface area contributed by atoms with Crippen LogP contribution >= 0.6 is 11.8 Å². The monoisotopic (exact) mass is 517 g/mol. The summed E-state index contributed by atoms with van der Waals surface area (Å²) >= 11 is 1.38. The van der Waals surface area contributed by atoms with Gasteiger partial charge in [0.25, 0.3) is 0 Å². The molecule has 3 aromatic rings. The number of benzene rings is 2. The Hall–Kier alpha value is -4.18. The summed E-state index contributed by atoms with van der Waals surface area (Å²) in [5.41, 5.74) is 2.98. The Morgan fingerprint density at radius 2 is 1.81 bits per heavy atom. The number of aromatic nitrogens is 1. The number of nitrogens with zero attached hydrogens (tertiary/aromatic N) is 3. The Bertz CT molecular complexity index is 1270. The number of thioether (sulfide) groups is 1. The van der Waals surface area contributed by atoms with Crippen LogP contribution in [-0.2, 0) is 27.5 Å². The number of hydrogen-bond acceptors (Lipinski definition) is 7. The summed E-state index contributed by atoms with van der Waals surface area (Å²) in [5, 5.41) is 5.49. The lowest BCUT2D eigenvalue weighted by atomic mass is 10.1. The third-order valence-electron chi connectivity index (χ3n) is 5.60. The van der Waals surface area contributed by atoms with Crippen LogP contribution in [0.1, 0.15) is 29.0 Å². The van der Waals surface area contributed by atoms with E-state index in [0.29, 0.717) is 17.4 Å². The van der Waals surface area contributed by atoms with Gasteiger partial charge in [0, 0.05) is 18.9 Å². The van der Waals surface area contributed by atoms with E-state index in [1.165, 1.54) is 11.8 Å². The second-order valence-corrected chi connectivity index (χ2v) is 9.36. The van der Waals surface area contributed by atoms with Crippen molar-refractivity contribution >= 4 is 40.5 Å². The number of hydrogen-bond donors (Lipinski definition) is 2. The van der Waals surface area contributed by atoms with Gasteiger partial charge in [-0.3, -0.25) is 24.5 Å². The molecule has 0 bridgehead atoms. The van der Waals surface area contributed by atoms with Gasteiger partial charge in [0.15, 0.2) is 5.17 Å². The number of carbonyl (C=O) groups is 3. The van der Waals surface area contributed by atoms with Crippen LogP contribution in [0.2, 0.25) is 0 Å². The number of rotatable bonds is 8. The maximum atomic E-state index is 13.2. The fourth-order valence-electron chi connectivity index (χ4n) is 3.64. The largest absolute Gasteiger partial charge is 0.445 e. The minimum absolute atomic E-state index is 0.0696. The third-order valence-corrected chi connectivity index (χ3v) is 6.93. The predicted molar refractivity (Wildman–Crippen MR) is 143 cm³/mol. The van der Waals surface area contributed by atoms with Crippen LogP contribution in [0.25, 0.3) is 0 Å². The van der Waals surface area contributed by atoms with E-state index in [0.717, 1.165) is 16.8 Å². The zero-order valence-electron chi connectivity index (χ0n) is 20.5. The average Bonchev–Trinajstić information content (AvgIpc) is 3.24. The molecule has 0 spiro atoms. The molecule has 0 radical (unpaired) electrons. The van der Waals surface area contributed by atoms with Crippen molar-refractivity contribution in [3.8, 4) is 0 Å². The molecule has 1 fully saturated rings. The van der Waals surface area contributed by atoms with Gasteiger partial charge in [-0.1, -0.05) is 60.3 Å². The summed E-state index contributed by atoms with van der Waals surface area (Å²) in [4.78, 5) is 48.0. The lowest BCUT2D eigenvalue weighted by Gasteiger charge is -2.16. The smallest absolute Gasteiger partial charge is 0.408 e. The number of carbonyl (C=O) groups excluding carboxylic acids is 3. The third kappa shape index (κ3) is 6.73. The van der Waals surface area contributed by atoms with E-state index < -0.39 is 23.3 Å². The highest BCUT2D eigenvalue weighted by Gasteiger charge is 2.38. The van der Waals surface area contributed by atoms with Crippen molar-refractivity contribution in [2.24, 2.45) is 4.99 Å². The summed E-state index contributed by atoms with van der Waals surface area (Å²) in [7, 11) is 1.66. The van der Waals surface area contributed by atoms with E-state index in [9.17, 15) is 14.4 Å². The number of anilines is 1. The molecule has 3 amide bonds. The second-order valence-electron chi connectivity index (χ2n) is 8.29. The first-order chi connectivity index (χ1) is 17.9. The van der Waals surface area contributed by atoms with Crippen LogP contribution < -0.4 is 10.6 Å². The first kappa shape index (κ1) is 25.9. The van der Waals surface area contributed by atoms with Crippen molar-refractivity contribution in [3.63, 3.8) is 0 Å². The van der Waals surface area contributed by atoms with E-state index in [4.69, 9.17) is 4.74 Å². The van der Waals surface area contributed by atoms with Crippen LogP contribution in [0.3, 0.4) is 0 Å². The van der Waals surface area contributed by atoms with Gasteiger partial charge >= 0.3 is 6.09 Å². The lowest BCUT2D eigenvalue weighted by Crippen LogP contribution is -2.41. The van der Waals surface area contributed by atoms with Gasteiger partial charge in [-0.25, -0.2) is 4.79 Å². The molecule has 2 heterocycles. The topological polar surface area (TPSA) is 113 Å². The minimum Gasteiger partial charge on any atom is -0.445 e. The molecule has 2 aromatic carbocycles. The number of ether oxygens (including phenoxy) is 1. The summed E-state index contributed by atoms with van der Waals surface area (Å²) in [6.07, 6.45) is 1.02. The highest BCUT2D eigenvalue weighted by Crippen LogP contribution is 2.40. The van der Waals surface area contributed by atoms with Gasteiger partial charge in [0.05, 0.1) is 12.2 Å². The Morgan fingerprint density at radius 3 is 2.49 bits per heavy atom. The van der Waals surface area contributed by atoms with Gasteiger partial charge in [-0.15, -0.1) is 0 Å². The predicted octanol–water partition coefficient (Wildman–Crippen LogP) is 4.14. The normalized spacial score (nSPS) is 16.9. The van der Waals surface area contributed by atoms with Crippen molar-refractivity contribution in [1.29, 1.82) is 0 Å². The summed E-state index contributed by atoms with van der Waals surface area (Å²) < 4.78 is 5.16. The maximum absolute atomic E-state index is 13.2. The molecule has 190 valence electrons. The molecule has 4 rings (SSSR count). The number of alkyl carbamates (subject to hydrolysis) is 1. The highest BCUT2D eigenvalue weighted by atomic mass is 32.2. The number of aliphatic imine (C=N–C) groups is 1. The Balaban J connectivity index is 1.31. The molecule has 0 aliphatic carbocycles. The van der Waals surface area contributed by atoms with Crippen LogP contribution in [-0.4, -0.2) is 46.0 Å². The molecular weight excluding hydrogens is 490 g/mol. The molecule has 1 aliphatic heterocycles. The van der Waals surface area contributed by atoms with E-state index >= 15 is 0 Å². The van der Waals surface area contributed by atoms with Crippen LogP contribution in [0.15, 0.2) is 84.0 Å². The molecule has 10 heteroatoms. The van der Waals surface area contributed by atoms with Gasteiger partial charge < -0.3 is 15.4 Å². The summed E-state index contributed by atoms with van der Waals surface area (Å²) in [6, 6.07) is 21.1. The molecule has 9 nitrogen and oxygen atoms in total. The first-order valence-corrected chi connectivity index (χ1v) is 12.6. The molecule has 37 heavy (non-hydrogen) atoms. The van der Waals surface area contributed by atoms with Gasteiger partial charge in [0.2, 0.25) is 11.8 Å². The van der Waals surface area contributed by atoms with Crippen molar-refractivity contribution in [2.75, 3.05) is 12.4 Å². The highest BCUT2D eigenvalue weighted by molar-refractivity contribution is 8.15. The number of nitrogens with one attached hydrogen (secondary N) is 2. The Kier molecular flexibility index (Phi) is 8.52. The lowest BCUT2D eigenvalue weighted by molar-refractivity contribution is -0.126. The molecule has 1 aromatic heterocycles. The SMILES string of the molecule is CN=C1SC(c2ccc(NC(=O)[C@@H](C)NC(=O)OCc3ccccc3)cc2)C(=O)N1Cc1ccccn1. The summed E-state index contributed by atoms with van der Waals surface area (Å²) in [5.74, 6) is -0.461. The van der Waals surface area contributed by atoms with E-state index in [1.54, 1.807) is 49.3 Å². The fraction of sp³-hybridized carbons (Fsp3) is 0.222. The molecule has 1 aliphatic rings. The summed E-state index contributed by atoms with van der Waals surface area (Å²) in [6.45, 7) is 2.04. The molecule has 2 N–H and O–H groups in total. The Labute approximate surface area is 219 Å². The molecule has 1 unspecified atom stereocenters. The van der Waals surface area contributed by atoms with Gasteiger partial charge in [-0.2, -0.15) is 0 Å². The van der Waals surface area contributed by atoms with Crippen LogP contribution in [0.5, 0.6) is 0 Å². The Morgan fingerprint density at radius 1 is 1.08 bits per heavy atom. The van der Waals surface area contributed by atoms with Crippen LogP contribution in [0, 0.1) is 0 Å². The molecule has 2 atom stereocenters. The number of pyridine rings is 1. The quantitative estimate of drug-likeness (QED) is 0.464. The van der Waals surface area contributed by atoms with Crippen molar-refractivity contribution in [1.82, 2.24) is 15.2 Å². The van der Waals surface area contributed by atoms with E-state index in [-0.39, 0.29) is 12.5 Å². The van der Waals surface area contributed by atoms with E-state index in [2.05, 4.69) is 20.6 Å². The number of amides is 3. The van der Waals surface area contributed by atoms with Crippen molar-refractivity contribution in [2.45, 2.75) is 31.4 Å². The fourth-order valence-corrected chi connectivity index (χ4v) is 4.76. The molecule has 1 saturated heterocycles. The van der Waals surface area contributed by atoms with Crippen molar-refractivity contribution < 1.29 is 19.1 Å². The first-order valence-electron chi connectivity index (χ1n) is 11.7. The van der Waals surface area contributed by atoms with Gasteiger partial charge in [-0.05, 0) is 42.3 Å². The molecule has 0 saturated carbocycles. The standard InChI is InChI=1S/C27H27N5O4S/c1-18(30-27(35)36-17-19-8-4-3-5-9-19)24(33)31-21-13-11-20(12-14-21)23-25(34)32(26(28-2)37-23)16-22-10-6-7-15-29-22/h3-15,18,23H,16-17H2,1-2H3,(H,30,35)(H,31,33)/t18-,23?/m1/s1. The van der Waals surface area contributed by atoms with E-state index in [1.807, 2.05) is 48.5 Å². The average molecular weight is 518 g/mol.